The minimum atomic E-state index is -1.34. The van der Waals surface area contributed by atoms with E-state index in [1.54, 1.807) is 0 Å². The summed E-state index contributed by atoms with van der Waals surface area (Å²) in [6, 6.07) is 0. The number of rotatable bonds is 18. The third-order valence-corrected chi connectivity index (χ3v) is 4.27. The van der Waals surface area contributed by atoms with Crippen molar-refractivity contribution in [2.75, 3.05) is 6.61 Å². The maximum absolute atomic E-state index is 11.2. The number of carbonyl (C=O) groups is 3. The zero-order valence-electron chi connectivity index (χ0n) is 15.8. The van der Waals surface area contributed by atoms with Crippen molar-refractivity contribution in [3.05, 3.63) is 12.2 Å². The molecule has 0 unspecified atom stereocenters. The predicted octanol–water partition coefficient (Wildman–Crippen LogP) is 4.72. The van der Waals surface area contributed by atoms with Gasteiger partial charge in [-0.25, -0.2) is 9.59 Å². The van der Waals surface area contributed by atoms with Crippen LogP contribution in [0.3, 0.4) is 0 Å². The largest absolute Gasteiger partial charge is 0.481 e. The van der Waals surface area contributed by atoms with Gasteiger partial charge < -0.3 is 14.9 Å². The van der Waals surface area contributed by atoms with Gasteiger partial charge >= 0.3 is 17.9 Å². The molecule has 0 amide bonds. The summed E-state index contributed by atoms with van der Waals surface area (Å²) in [5.41, 5.74) is -0.523. The van der Waals surface area contributed by atoms with Crippen LogP contribution in [0.25, 0.3) is 0 Å². The lowest BCUT2D eigenvalue weighted by atomic mass is 10.0. The van der Waals surface area contributed by atoms with E-state index in [2.05, 4.69) is 6.58 Å². The number of hydrogen-bond donors (Lipinski definition) is 2. The van der Waals surface area contributed by atoms with Crippen LogP contribution >= 0.6 is 0 Å². The van der Waals surface area contributed by atoms with Gasteiger partial charge in [-0.3, -0.25) is 4.79 Å². The molecule has 0 atom stereocenters. The molecule has 0 aromatic heterocycles. The topological polar surface area (TPSA) is 101 Å². The van der Waals surface area contributed by atoms with E-state index in [4.69, 9.17) is 14.9 Å². The molecule has 150 valence electrons. The molecule has 26 heavy (non-hydrogen) atoms. The highest BCUT2D eigenvalue weighted by atomic mass is 16.5. The predicted molar refractivity (Wildman–Crippen MR) is 100 cm³/mol. The molecule has 0 aromatic rings. The van der Waals surface area contributed by atoms with Gasteiger partial charge in [-0.05, 0) is 12.8 Å². The summed E-state index contributed by atoms with van der Waals surface area (Å²) in [7, 11) is 0. The molecule has 0 aliphatic carbocycles. The molecule has 0 aliphatic heterocycles. The average Bonchev–Trinajstić information content (AvgIpc) is 2.60. The van der Waals surface area contributed by atoms with Crippen molar-refractivity contribution in [1.82, 2.24) is 0 Å². The smallest absolute Gasteiger partial charge is 0.344 e. The van der Waals surface area contributed by atoms with Crippen molar-refractivity contribution < 1.29 is 29.3 Å². The number of aliphatic carboxylic acids is 2. The van der Waals surface area contributed by atoms with E-state index in [1.807, 2.05) is 0 Å². The number of carboxylic acid groups (broad SMARTS) is 2. The van der Waals surface area contributed by atoms with Crippen LogP contribution in [-0.2, 0) is 19.1 Å². The third-order valence-electron chi connectivity index (χ3n) is 4.27. The third kappa shape index (κ3) is 15.7. The summed E-state index contributed by atoms with van der Waals surface area (Å²) in [4.78, 5) is 32.1. The SMILES string of the molecule is C=C(C(=O)O)C(=O)OCCCCCCCCCCCCCCCC(=O)O. The number of carbonyl (C=O) groups excluding carboxylic acids is 1. The molecule has 0 aromatic carbocycles. The Morgan fingerprint density at radius 1 is 0.654 bits per heavy atom. The van der Waals surface area contributed by atoms with Crippen molar-refractivity contribution in [3.63, 3.8) is 0 Å². The Kier molecular flexibility index (Phi) is 15.4. The molecule has 0 spiro atoms. The minimum Gasteiger partial charge on any atom is -0.481 e. The Balaban J connectivity index is 3.20. The zero-order valence-corrected chi connectivity index (χ0v) is 15.8. The van der Waals surface area contributed by atoms with E-state index in [9.17, 15) is 14.4 Å². The Hall–Kier alpha value is -1.85. The van der Waals surface area contributed by atoms with Crippen molar-refractivity contribution in [1.29, 1.82) is 0 Å². The fraction of sp³-hybridized carbons (Fsp3) is 0.750. The van der Waals surface area contributed by atoms with Crippen LogP contribution < -0.4 is 0 Å². The van der Waals surface area contributed by atoms with Crippen LogP contribution in [0.2, 0.25) is 0 Å². The number of ether oxygens (including phenoxy) is 1. The molecule has 0 saturated heterocycles. The first kappa shape index (κ1) is 24.1. The monoisotopic (exact) mass is 370 g/mol. The van der Waals surface area contributed by atoms with Crippen LogP contribution in [0.4, 0.5) is 0 Å². The lowest BCUT2D eigenvalue weighted by Crippen LogP contribution is -2.14. The minimum absolute atomic E-state index is 0.248. The number of carboxylic acids is 2. The van der Waals surface area contributed by atoms with Gasteiger partial charge in [-0.15, -0.1) is 0 Å². The van der Waals surface area contributed by atoms with E-state index in [0.29, 0.717) is 6.42 Å². The Morgan fingerprint density at radius 3 is 1.42 bits per heavy atom. The van der Waals surface area contributed by atoms with Crippen molar-refractivity contribution >= 4 is 17.9 Å². The standard InChI is InChI=1S/C20H34O6/c1-17(19(23)24)20(25)26-16-14-12-10-8-6-4-2-3-5-7-9-11-13-15-18(21)22/h1-16H2,(H,21,22)(H,23,24). The molecular weight excluding hydrogens is 336 g/mol. The maximum atomic E-state index is 11.2. The molecule has 0 aliphatic rings. The van der Waals surface area contributed by atoms with Gasteiger partial charge in [0, 0.05) is 6.42 Å². The Morgan fingerprint density at radius 2 is 1.04 bits per heavy atom. The van der Waals surface area contributed by atoms with Gasteiger partial charge in [-0.2, -0.15) is 0 Å². The van der Waals surface area contributed by atoms with Gasteiger partial charge in [0.15, 0.2) is 0 Å². The summed E-state index contributed by atoms with van der Waals surface area (Å²) in [6.45, 7) is 3.40. The molecule has 6 heteroatoms. The molecule has 0 heterocycles. The van der Waals surface area contributed by atoms with Gasteiger partial charge in [0.1, 0.15) is 5.57 Å². The maximum Gasteiger partial charge on any atom is 0.344 e. The molecule has 0 saturated carbocycles. The molecular formula is C20H34O6. The van der Waals surface area contributed by atoms with Crippen LogP contribution in [0.5, 0.6) is 0 Å². The summed E-state index contributed by atoms with van der Waals surface area (Å²) < 4.78 is 4.84. The summed E-state index contributed by atoms with van der Waals surface area (Å²) in [6.07, 6.45) is 14.6. The second-order valence-corrected chi connectivity index (χ2v) is 6.66. The van der Waals surface area contributed by atoms with E-state index in [1.165, 1.54) is 44.9 Å². The molecule has 6 nitrogen and oxygen atoms in total. The van der Waals surface area contributed by atoms with Crippen LogP contribution in [0.15, 0.2) is 12.2 Å². The first-order valence-corrected chi connectivity index (χ1v) is 9.76. The normalized spacial score (nSPS) is 10.5. The highest BCUT2D eigenvalue weighted by molar-refractivity contribution is 6.12. The highest BCUT2D eigenvalue weighted by Gasteiger charge is 2.15. The highest BCUT2D eigenvalue weighted by Crippen LogP contribution is 2.13. The van der Waals surface area contributed by atoms with E-state index in [-0.39, 0.29) is 6.61 Å². The quantitative estimate of drug-likeness (QED) is 0.119. The lowest BCUT2D eigenvalue weighted by molar-refractivity contribution is -0.144. The van der Waals surface area contributed by atoms with E-state index < -0.39 is 23.5 Å². The Bertz CT molecular complexity index is 430. The second-order valence-electron chi connectivity index (χ2n) is 6.66. The molecule has 0 rings (SSSR count). The second kappa shape index (κ2) is 16.6. The van der Waals surface area contributed by atoms with Gasteiger partial charge in [0.25, 0.3) is 0 Å². The van der Waals surface area contributed by atoms with Crippen LogP contribution in [0, 0.1) is 0 Å². The Labute approximate surface area is 156 Å². The van der Waals surface area contributed by atoms with E-state index in [0.717, 1.165) is 38.5 Å². The van der Waals surface area contributed by atoms with Crippen molar-refractivity contribution in [2.24, 2.45) is 0 Å². The fourth-order valence-corrected chi connectivity index (χ4v) is 2.66. The number of esters is 1. The van der Waals surface area contributed by atoms with Crippen molar-refractivity contribution in [2.45, 2.75) is 89.9 Å². The van der Waals surface area contributed by atoms with Crippen LogP contribution in [-0.4, -0.2) is 34.7 Å². The molecule has 0 radical (unpaired) electrons. The lowest BCUT2D eigenvalue weighted by Gasteiger charge is -2.05. The number of hydrogen-bond acceptors (Lipinski definition) is 4. The first-order valence-electron chi connectivity index (χ1n) is 9.76. The molecule has 0 fully saturated rings. The number of unbranched alkanes of at least 4 members (excludes halogenated alkanes) is 12. The summed E-state index contributed by atoms with van der Waals surface area (Å²) in [5, 5.41) is 17.1. The summed E-state index contributed by atoms with van der Waals surface area (Å²) >= 11 is 0. The van der Waals surface area contributed by atoms with Crippen LogP contribution in [0.1, 0.15) is 89.9 Å². The van der Waals surface area contributed by atoms with Gasteiger partial charge in [0.05, 0.1) is 6.61 Å². The average molecular weight is 370 g/mol. The fourth-order valence-electron chi connectivity index (χ4n) is 2.66. The molecule has 2 N–H and O–H groups in total. The van der Waals surface area contributed by atoms with Gasteiger partial charge in [-0.1, -0.05) is 77.2 Å². The van der Waals surface area contributed by atoms with Crippen molar-refractivity contribution in [3.8, 4) is 0 Å². The van der Waals surface area contributed by atoms with Gasteiger partial charge in [0.2, 0.25) is 0 Å². The zero-order chi connectivity index (χ0) is 19.6. The summed E-state index contributed by atoms with van der Waals surface area (Å²) in [5.74, 6) is -2.89. The molecule has 0 bridgehead atoms. The van der Waals surface area contributed by atoms with E-state index >= 15 is 0 Å². The first-order chi connectivity index (χ1) is 12.4.